The van der Waals surface area contributed by atoms with Gasteiger partial charge in [-0.3, -0.25) is 4.79 Å². The minimum absolute atomic E-state index is 0.189. The van der Waals surface area contributed by atoms with Crippen molar-refractivity contribution in [1.82, 2.24) is 14.8 Å². The molecule has 1 aromatic carbocycles. The number of nitrogens with zero attached hydrogens (tertiary/aromatic N) is 3. The highest BCUT2D eigenvalue weighted by Crippen LogP contribution is 2.36. The Morgan fingerprint density at radius 3 is 2.83 bits per heavy atom. The molecule has 1 aromatic heterocycles. The van der Waals surface area contributed by atoms with E-state index in [2.05, 4.69) is 10.2 Å². The van der Waals surface area contributed by atoms with Crippen LogP contribution in [0.15, 0.2) is 29.4 Å². The normalized spacial score (nSPS) is 22.9. The molecule has 0 saturated carbocycles. The maximum absolute atomic E-state index is 11.6. The van der Waals surface area contributed by atoms with Crippen LogP contribution in [-0.4, -0.2) is 39.2 Å². The highest BCUT2D eigenvalue weighted by atomic mass is 32.2. The van der Waals surface area contributed by atoms with E-state index in [0.717, 1.165) is 5.75 Å². The molecule has 120 valence electrons. The highest BCUT2D eigenvalue weighted by molar-refractivity contribution is 8.00. The van der Waals surface area contributed by atoms with Gasteiger partial charge >= 0.3 is 5.97 Å². The zero-order valence-electron chi connectivity index (χ0n) is 12.5. The molecule has 0 spiro atoms. The zero-order chi connectivity index (χ0) is 15.8. The summed E-state index contributed by atoms with van der Waals surface area (Å²) in [6, 6.07) is 7.53. The van der Waals surface area contributed by atoms with Crippen LogP contribution in [0.5, 0.6) is 11.5 Å². The molecule has 4 rings (SSSR count). The topological polar surface area (TPSA) is 75.5 Å². The van der Waals surface area contributed by atoms with Gasteiger partial charge in [-0.15, -0.1) is 10.2 Å². The molecule has 0 radical (unpaired) electrons. The van der Waals surface area contributed by atoms with Crippen LogP contribution < -0.4 is 9.47 Å². The average molecular weight is 333 g/mol. The summed E-state index contributed by atoms with van der Waals surface area (Å²) < 4.78 is 18.5. The lowest BCUT2D eigenvalue weighted by molar-refractivity contribution is -0.137. The van der Waals surface area contributed by atoms with Gasteiger partial charge in [-0.1, -0.05) is 23.9 Å². The number of ether oxygens (including phenoxy) is 3. The van der Waals surface area contributed by atoms with Crippen LogP contribution in [0.25, 0.3) is 0 Å². The number of fused-ring (bicyclic) bond motifs is 1. The molecule has 0 N–H and O–H groups in total. The standard InChI is InChI=1S/C15H15N3O4S/c1-18-13(11-8-21-9-4-2-3-5-10(9)22-11)16-17-15(18)23-12-6-7-20-14(12)19/h2-5,11-12H,6-8H2,1H3/t11-,12-/m1/s1. The van der Waals surface area contributed by atoms with Gasteiger partial charge < -0.3 is 18.8 Å². The molecule has 0 amide bonds. The van der Waals surface area contributed by atoms with Crippen LogP contribution in [0.3, 0.4) is 0 Å². The SMILES string of the molecule is Cn1c(S[C@@H]2CCOC2=O)nnc1[C@H]1COc2ccccc2O1. The van der Waals surface area contributed by atoms with Crippen molar-refractivity contribution in [2.45, 2.75) is 22.9 Å². The zero-order valence-corrected chi connectivity index (χ0v) is 13.3. The Labute approximate surface area is 136 Å². The molecule has 2 aliphatic heterocycles. The number of hydrogen-bond donors (Lipinski definition) is 0. The quantitative estimate of drug-likeness (QED) is 0.792. The first-order valence-corrected chi connectivity index (χ1v) is 8.21. The van der Waals surface area contributed by atoms with Crippen LogP contribution in [0.1, 0.15) is 18.3 Å². The number of rotatable bonds is 3. The second-order valence-corrected chi connectivity index (χ2v) is 6.50. The van der Waals surface area contributed by atoms with Gasteiger partial charge in [-0.05, 0) is 12.1 Å². The summed E-state index contributed by atoms with van der Waals surface area (Å²) in [7, 11) is 1.86. The minimum atomic E-state index is -0.327. The van der Waals surface area contributed by atoms with Gasteiger partial charge in [0.2, 0.25) is 0 Å². The number of aromatic nitrogens is 3. The number of thioether (sulfide) groups is 1. The van der Waals surface area contributed by atoms with E-state index >= 15 is 0 Å². The van der Waals surface area contributed by atoms with Crippen molar-refractivity contribution < 1.29 is 19.0 Å². The smallest absolute Gasteiger partial charge is 0.319 e. The van der Waals surface area contributed by atoms with Gasteiger partial charge in [0, 0.05) is 13.5 Å². The predicted octanol–water partition coefficient (Wildman–Crippen LogP) is 1.74. The highest BCUT2D eigenvalue weighted by Gasteiger charge is 2.31. The monoisotopic (exact) mass is 333 g/mol. The molecule has 8 heteroatoms. The number of benzene rings is 1. The summed E-state index contributed by atoms with van der Waals surface area (Å²) in [6.45, 7) is 0.844. The van der Waals surface area contributed by atoms with Crippen molar-refractivity contribution in [3.63, 3.8) is 0 Å². The van der Waals surface area contributed by atoms with E-state index in [1.165, 1.54) is 11.8 Å². The van der Waals surface area contributed by atoms with E-state index in [4.69, 9.17) is 14.2 Å². The number of cyclic esters (lactones) is 1. The largest absolute Gasteiger partial charge is 0.485 e. The first kappa shape index (κ1) is 14.4. The molecule has 23 heavy (non-hydrogen) atoms. The van der Waals surface area contributed by atoms with Gasteiger partial charge in [0.05, 0.1) is 6.61 Å². The summed E-state index contributed by atoms with van der Waals surface area (Å²) in [6.07, 6.45) is 0.370. The van der Waals surface area contributed by atoms with Crippen molar-refractivity contribution in [3.05, 3.63) is 30.1 Å². The first-order chi connectivity index (χ1) is 11.2. The van der Waals surface area contributed by atoms with Gasteiger partial charge in [-0.2, -0.15) is 0 Å². The number of para-hydroxylation sites is 2. The summed E-state index contributed by atoms with van der Waals surface area (Å²) in [5.41, 5.74) is 0. The van der Waals surface area contributed by atoms with Gasteiger partial charge in [0.1, 0.15) is 11.9 Å². The predicted molar refractivity (Wildman–Crippen MR) is 81.5 cm³/mol. The lowest BCUT2D eigenvalue weighted by atomic mass is 10.2. The fraction of sp³-hybridized carbons (Fsp3) is 0.400. The van der Waals surface area contributed by atoms with E-state index in [-0.39, 0.29) is 17.3 Å². The summed E-state index contributed by atoms with van der Waals surface area (Å²) in [4.78, 5) is 11.6. The second kappa shape index (κ2) is 5.77. The fourth-order valence-corrected chi connectivity index (χ4v) is 3.54. The second-order valence-electron chi connectivity index (χ2n) is 5.33. The molecule has 0 aliphatic carbocycles. The number of carbonyl (C=O) groups excluding carboxylic acids is 1. The van der Waals surface area contributed by atoms with Crippen LogP contribution in [0, 0.1) is 0 Å². The van der Waals surface area contributed by atoms with Crippen molar-refractivity contribution in [1.29, 1.82) is 0 Å². The Balaban J connectivity index is 1.53. The molecule has 2 aliphatic rings. The van der Waals surface area contributed by atoms with Gasteiger partial charge in [-0.25, -0.2) is 0 Å². The lowest BCUT2D eigenvalue weighted by Crippen LogP contribution is -2.24. The maximum Gasteiger partial charge on any atom is 0.319 e. The van der Waals surface area contributed by atoms with E-state index in [1.54, 1.807) is 0 Å². The van der Waals surface area contributed by atoms with Crippen LogP contribution in [0.2, 0.25) is 0 Å². The van der Waals surface area contributed by atoms with Crippen molar-refractivity contribution in [3.8, 4) is 11.5 Å². The fourth-order valence-electron chi connectivity index (χ4n) is 2.57. The first-order valence-electron chi connectivity index (χ1n) is 7.33. The molecular formula is C15H15N3O4S. The Kier molecular flexibility index (Phi) is 3.60. The summed E-state index contributed by atoms with van der Waals surface area (Å²) >= 11 is 1.37. The molecule has 2 atom stereocenters. The maximum atomic E-state index is 11.6. The van der Waals surface area contributed by atoms with E-state index in [1.807, 2.05) is 35.9 Å². The van der Waals surface area contributed by atoms with E-state index in [9.17, 15) is 4.79 Å². The van der Waals surface area contributed by atoms with Crippen LogP contribution in [-0.2, 0) is 16.6 Å². The Bertz CT molecular complexity index is 748. The molecule has 0 unspecified atom stereocenters. The van der Waals surface area contributed by atoms with Crippen molar-refractivity contribution >= 4 is 17.7 Å². The van der Waals surface area contributed by atoms with Crippen LogP contribution >= 0.6 is 11.8 Å². The molecule has 7 nitrogen and oxygen atoms in total. The molecular weight excluding hydrogens is 318 g/mol. The van der Waals surface area contributed by atoms with Gasteiger partial charge in [0.15, 0.2) is 28.6 Å². The summed E-state index contributed by atoms with van der Waals surface area (Å²) in [5, 5.41) is 8.85. The third-order valence-corrected chi connectivity index (χ3v) is 5.08. The number of hydrogen-bond acceptors (Lipinski definition) is 7. The lowest BCUT2D eigenvalue weighted by Gasteiger charge is -2.25. The minimum Gasteiger partial charge on any atom is -0.485 e. The van der Waals surface area contributed by atoms with E-state index in [0.29, 0.717) is 36.4 Å². The number of esters is 1. The summed E-state index contributed by atoms with van der Waals surface area (Å²) in [5.74, 6) is 1.91. The Hall–Kier alpha value is -2.22. The molecule has 0 bridgehead atoms. The van der Waals surface area contributed by atoms with Crippen LogP contribution in [0.4, 0.5) is 0 Å². The van der Waals surface area contributed by atoms with E-state index < -0.39 is 0 Å². The third kappa shape index (κ3) is 2.63. The molecule has 2 aromatic rings. The van der Waals surface area contributed by atoms with Gasteiger partial charge in [0.25, 0.3) is 0 Å². The Morgan fingerprint density at radius 1 is 1.22 bits per heavy atom. The number of carbonyl (C=O) groups is 1. The third-order valence-electron chi connectivity index (χ3n) is 3.80. The Morgan fingerprint density at radius 2 is 2.04 bits per heavy atom. The van der Waals surface area contributed by atoms with Crippen molar-refractivity contribution in [2.75, 3.05) is 13.2 Å². The molecule has 1 fully saturated rings. The average Bonchev–Trinajstić information content (AvgIpc) is 3.14. The molecule has 1 saturated heterocycles. The molecule has 3 heterocycles. The van der Waals surface area contributed by atoms with Crippen molar-refractivity contribution in [2.24, 2.45) is 7.05 Å².